The van der Waals surface area contributed by atoms with Crippen LogP contribution in [-0.2, 0) is 19.5 Å². The third-order valence-electron chi connectivity index (χ3n) is 3.84. The Morgan fingerprint density at radius 3 is 2.57 bits per heavy atom. The fourth-order valence-electron chi connectivity index (χ4n) is 2.38. The van der Waals surface area contributed by atoms with Gasteiger partial charge in [-0.1, -0.05) is 25.5 Å². The summed E-state index contributed by atoms with van der Waals surface area (Å²) >= 11 is 5.37. The Kier molecular flexibility index (Phi) is 6.59. The number of unbranched alkanes of at least 4 members (excludes halogenated alkanes) is 1. The number of thiocarbonyl (C=S) groups is 1. The molecule has 5 heteroatoms. The second kappa shape index (κ2) is 8.67. The number of hydrogen-bond donors (Lipinski definition) is 2. The number of aromatic nitrogens is 2. The van der Waals surface area contributed by atoms with Crippen LogP contribution in [0, 0.1) is 6.92 Å². The zero-order valence-corrected chi connectivity index (χ0v) is 15.0. The Hall–Kier alpha value is -1.88. The number of nitrogens with zero attached hydrogens (tertiary/aromatic N) is 2. The van der Waals surface area contributed by atoms with E-state index in [1.165, 1.54) is 24.0 Å². The first-order valence-electron chi connectivity index (χ1n) is 8.29. The molecule has 0 aliphatic carbocycles. The van der Waals surface area contributed by atoms with Crippen molar-refractivity contribution in [1.29, 1.82) is 0 Å². The van der Waals surface area contributed by atoms with Crippen LogP contribution in [0.2, 0.25) is 0 Å². The molecule has 0 radical (unpaired) electrons. The van der Waals surface area contributed by atoms with Crippen LogP contribution in [0.15, 0.2) is 30.5 Å². The lowest BCUT2D eigenvalue weighted by molar-refractivity contribution is 0.653. The van der Waals surface area contributed by atoms with Crippen molar-refractivity contribution in [1.82, 2.24) is 15.1 Å². The van der Waals surface area contributed by atoms with Crippen LogP contribution in [0.3, 0.4) is 0 Å². The van der Waals surface area contributed by atoms with Gasteiger partial charge in [-0.15, -0.1) is 0 Å². The highest BCUT2D eigenvalue weighted by Crippen LogP contribution is 2.12. The van der Waals surface area contributed by atoms with Gasteiger partial charge in [0.15, 0.2) is 5.11 Å². The minimum absolute atomic E-state index is 0.634. The van der Waals surface area contributed by atoms with E-state index in [2.05, 4.69) is 60.0 Å². The molecule has 0 fully saturated rings. The molecule has 1 aromatic heterocycles. The third-order valence-corrected chi connectivity index (χ3v) is 4.09. The maximum atomic E-state index is 5.37. The zero-order valence-electron chi connectivity index (χ0n) is 14.2. The van der Waals surface area contributed by atoms with Gasteiger partial charge >= 0.3 is 0 Å². The molecule has 23 heavy (non-hydrogen) atoms. The smallest absolute Gasteiger partial charge is 0.171 e. The SMILES string of the molecule is CCCCc1ccc(NC(=S)NCc2cn(CC)nc2C)cc1. The number of rotatable bonds is 7. The van der Waals surface area contributed by atoms with Crippen molar-refractivity contribution in [2.75, 3.05) is 5.32 Å². The predicted octanol–water partition coefficient (Wildman–Crippen LogP) is 4.04. The largest absolute Gasteiger partial charge is 0.358 e. The highest BCUT2D eigenvalue weighted by atomic mass is 32.1. The van der Waals surface area contributed by atoms with Crippen molar-refractivity contribution < 1.29 is 0 Å². The molecule has 0 bridgehead atoms. The molecule has 0 amide bonds. The Bertz CT molecular complexity index is 631. The van der Waals surface area contributed by atoms with Crippen molar-refractivity contribution in [2.45, 2.75) is 53.1 Å². The van der Waals surface area contributed by atoms with Gasteiger partial charge in [0.05, 0.1) is 5.69 Å². The standard InChI is InChI=1S/C18H26N4S/c1-4-6-7-15-8-10-17(11-9-15)20-18(23)19-12-16-13-22(5-2)21-14(16)3/h8-11,13H,4-7,12H2,1-3H3,(H2,19,20,23). The minimum atomic E-state index is 0.634. The van der Waals surface area contributed by atoms with Gasteiger partial charge in [-0.25, -0.2) is 0 Å². The predicted molar refractivity (Wildman–Crippen MR) is 101 cm³/mol. The Labute approximate surface area is 144 Å². The number of nitrogens with one attached hydrogen (secondary N) is 2. The van der Waals surface area contributed by atoms with Crippen molar-refractivity contribution >= 4 is 23.0 Å². The number of hydrogen-bond acceptors (Lipinski definition) is 2. The maximum Gasteiger partial charge on any atom is 0.171 e. The molecule has 1 heterocycles. The van der Waals surface area contributed by atoms with Crippen LogP contribution in [0.25, 0.3) is 0 Å². The normalized spacial score (nSPS) is 10.6. The molecule has 0 aliphatic heterocycles. The van der Waals surface area contributed by atoms with E-state index in [1.807, 2.05) is 11.6 Å². The monoisotopic (exact) mass is 330 g/mol. The summed E-state index contributed by atoms with van der Waals surface area (Å²) in [5.74, 6) is 0. The molecule has 0 saturated heterocycles. The van der Waals surface area contributed by atoms with Gasteiger partial charge in [0.25, 0.3) is 0 Å². The molecule has 2 N–H and O–H groups in total. The summed E-state index contributed by atoms with van der Waals surface area (Å²) in [6.45, 7) is 7.89. The van der Waals surface area contributed by atoms with E-state index in [0.717, 1.165) is 24.3 Å². The van der Waals surface area contributed by atoms with E-state index in [4.69, 9.17) is 12.2 Å². The van der Waals surface area contributed by atoms with E-state index < -0.39 is 0 Å². The molecule has 4 nitrogen and oxygen atoms in total. The van der Waals surface area contributed by atoms with Gasteiger partial charge in [0.1, 0.15) is 0 Å². The van der Waals surface area contributed by atoms with Gasteiger partial charge < -0.3 is 10.6 Å². The molecule has 0 aliphatic rings. The summed E-state index contributed by atoms with van der Waals surface area (Å²) in [7, 11) is 0. The lowest BCUT2D eigenvalue weighted by Gasteiger charge is -2.10. The van der Waals surface area contributed by atoms with E-state index in [0.29, 0.717) is 11.7 Å². The molecule has 124 valence electrons. The van der Waals surface area contributed by atoms with Gasteiger partial charge in [-0.05, 0) is 56.6 Å². The molecular weight excluding hydrogens is 304 g/mol. The zero-order chi connectivity index (χ0) is 16.7. The average Bonchev–Trinajstić information content (AvgIpc) is 2.92. The Balaban J connectivity index is 1.83. The molecule has 0 spiro atoms. The second-order valence-corrected chi connectivity index (χ2v) is 6.11. The molecular formula is C18H26N4S. The topological polar surface area (TPSA) is 41.9 Å². The van der Waals surface area contributed by atoms with Gasteiger partial charge in [-0.2, -0.15) is 5.10 Å². The maximum absolute atomic E-state index is 5.37. The average molecular weight is 331 g/mol. The third kappa shape index (κ3) is 5.36. The van der Waals surface area contributed by atoms with Crippen molar-refractivity contribution in [3.8, 4) is 0 Å². The fraction of sp³-hybridized carbons (Fsp3) is 0.444. The Morgan fingerprint density at radius 2 is 1.96 bits per heavy atom. The fourth-order valence-corrected chi connectivity index (χ4v) is 2.57. The first kappa shape index (κ1) is 17.5. The summed E-state index contributed by atoms with van der Waals surface area (Å²) in [6, 6.07) is 8.49. The molecule has 0 atom stereocenters. The van der Waals surface area contributed by atoms with Crippen LogP contribution in [0.1, 0.15) is 43.5 Å². The second-order valence-electron chi connectivity index (χ2n) is 5.70. The molecule has 0 unspecified atom stereocenters. The van der Waals surface area contributed by atoms with Crippen LogP contribution < -0.4 is 10.6 Å². The molecule has 0 saturated carbocycles. The molecule has 2 rings (SSSR count). The summed E-state index contributed by atoms with van der Waals surface area (Å²) in [5, 5.41) is 11.5. The summed E-state index contributed by atoms with van der Waals surface area (Å²) in [4.78, 5) is 0. The lowest BCUT2D eigenvalue weighted by atomic mass is 10.1. The highest BCUT2D eigenvalue weighted by Gasteiger charge is 2.05. The van der Waals surface area contributed by atoms with Crippen LogP contribution in [0.5, 0.6) is 0 Å². The van der Waals surface area contributed by atoms with Gasteiger partial charge in [0.2, 0.25) is 0 Å². The van der Waals surface area contributed by atoms with E-state index >= 15 is 0 Å². The minimum Gasteiger partial charge on any atom is -0.358 e. The van der Waals surface area contributed by atoms with E-state index in [-0.39, 0.29) is 0 Å². The summed E-state index contributed by atoms with van der Waals surface area (Å²) in [5.41, 5.74) is 4.61. The van der Waals surface area contributed by atoms with E-state index in [1.54, 1.807) is 0 Å². The number of aryl methyl sites for hydroxylation is 3. The summed E-state index contributed by atoms with van der Waals surface area (Å²) < 4.78 is 1.94. The number of anilines is 1. The van der Waals surface area contributed by atoms with Crippen molar-refractivity contribution in [3.05, 3.63) is 47.3 Å². The van der Waals surface area contributed by atoms with Gasteiger partial charge in [0, 0.05) is 30.5 Å². The van der Waals surface area contributed by atoms with Crippen LogP contribution in [-0.4, -0.2) is 14.9 Å². The molecule has 2 aromatic rings. The van der Waals surface area contributed by atoms with E-state index in [9.17, 15) is 0 Å². The van der Waals surface area contributed by atoms with Crippen LogP contribution >= 0.6 is 12.2 Å². The highest BCUT2D eigenvalue weighted by molar-refractivity contribution is 7.80. The number of benzene rings is 1. The Morgan fingerprint density at radius 1 is 1.22 bits per heavy atom. The summed E-state index contributed by atoms with van der Waals surface area (Å²) in [6.07, 6.45) is 5.66. The first-order chi connectivity index (χ1) is 11.1. The van der Waals surface area contributed by atoms with Gasteiger partial charge in [-0.3, -0.25) is 4.68 Å². The van der Waals surface area contributed by atoms with Crippen LogP contribution in [0.4, 0.5) is 5.69 Å². The lowest BCUT2D eigenvalue weighted by Crippen LogP contribution is -2.28. The van der Waals surface area contributed by atoms with Crippen molar-refractivity contribution in [2.24, 2.45) is 0 Å². The first-order valence-corrected chi connectivity index (χ1v) is 8.70. The van der Waals surface area contributed by atoms with Crippen molar-refractivity contribution in [3.63, 3.8) is 0 Å². The quantitative estimate of drug-likeness (QED) is 0.752. The molecule has 1 aromatic carbocycles.